The van der Waals surface area contributed by atoms with Crippen LogP contribution in [0.4, 0.5) is 0 Å². The maximum absolute atomic E-state index is 12.9. The van der Waals surface area contributed by atoms with Gasteiger partial charge in [0, 0.05) is 24.5 Å². The van der Waals surface area contributed by atoms with Crippen LogP contribution in [0.3, 0.4) is 0 Å². The van der Waals surface area contributed by atoms with E-state index in [-0.39, 0.29) is 12.0 Å². The minimum absolute atomic E-state index is 0.0130. The number of rotatable bonds is 4. The van der Waals surface area contributed by atoms with E-state index in [1.165, 1.54) is 7.11 Å². The fraction of sp³-hybridized carbons (Fsp3) is 0.333. The number of benzene rings is 1. The number of fused-ring (bicyclic) bond motifs is 1. The number of aromatic amines is 1. The van der Waals surface area contributed by atoms with Crippen LogP contribution in [0.15, 0.2) is 36.9 Å². The molecule has 4 rings (SSSR count). The summed E-state index contributed by atoms with van der Waals surface area (Å²) in [5, 5.41) is 0. The van der Waals surface area contributed by atoms with Gasteiger partial charge in [-0.25, -0.2) is 15.0 Å². The van der Waals surface area contributed by atoms with Gasteiger partial charge in [-0.15, -0.1) is 0 Å². The Balaban J connectivity index is 1.48. The summed E-state index contributed by atoms with van der Waals surface area (Å²) in [4.78, 5) is 30.2. The summed E-state index contributed by atoms with van der Waals surface area (Å²) in [7, 11) is 1.53. The van der Waals surface area contributed by atoms with Gasteiger partial charge in [-0.2, -0.15) is 0 Å². The van der Waals surface area contributed by atoms with Gasteiger partial charge >= 0.3 is 0 Å². The van der Waals surface area contributed by atoms with Gasteiger partial charge in [0.05, 0.1) is 31.0 Å². The van der Waals surface area contributed by atoms with Crippen molar-refractivity contribution < 1.29 is 14.3 Å². The number of imidazole rings is 1. The summed E-state index contributed by atoms with van der Waals surface area (Å²) in [5.74, 6) is 0.690. The topological polar surface area (TPSA) is 93.2 Å². The van der Waals surface area contributed by atoms with Crippen LogP contribution in [-0.4, -0.2) is 57.0 Å². The molecule has 1 unspecified atom stereocenters. The fourth-order valence-electron chi connectivity index (χ4n) is 3.16. The molecular weight excluding hydrogens is 334 g/mol. The van der Waals surface area contributed by atoms with Crippen molar-refractivity contribution in [1.29, 1.82) is 0 Å². The van der Waals surface area contributed by atoms with Crippen LogP contribution in [0.1, 0.15) is 23.2 Å². The summed E-state index contributed by atoms with van der Waals surface area (Å²) in [5.41, 5.74) is 2.33. The van der Waals surface area contributed by atoms with Gasteiger partial charge in [-0.1, -0.05) is 0 Å². The Morgan fingerprint density at radius 2 is 2.08 bits per heavy atom. The monoisotopic (exact) mass is 353 g/mol. The summed E-state index contributed by atoms with van der Waals surface area (Å²) >= 11 is 0. The van der Waals surface area contributed by atoms with Crippen molar-refractivity contribution in [3.8, 4) is 11.8 Å². The number of likely N-dealkylation sites (tertiary alicyclic amines) is 1. The molecule has 3 aromatic rings. The molecule has 1 N–H and O–H groups in total. The van der Waals surface area contributed by atoms with Crippen molar-refractivity contribution in [1.82, 2.24) is 24.8 Å². The van der Waals surface area contributed by atoms with Crippen molar-refractivity contribution in [2.75, 3.05) is 20.2 Å². The van der Waals surface area contributed by atoms with Gasteiger partial charge in [0.25, 0.3) is 17.7 Å². The largest absolute Gasteiger partial charge is 0.477 e. The number of hydrogen-bond donors (Lipinski definition) is 1. The molecule has 0 bridgehead atoms. The molecule has 0 radical (unpaired) electrons. The number of hydrogen-bond acceptors (Lipinski definition) is 6. The second kappa shape index (κ2) is 6.99. The maximum atomic E-state index is 12.9. The number of piperidine rings is 1. The average Bonchev–Trinajstić information content (AvgIpc) is 3.16. The number of amides is 1. The molecule has 2 aromatic heterocycles. The van der Waals surface area contributed by atoms with E-state index in [9.17, 15) is 4.79 Å². The molecule has 26 heavy (non-hydrogen) atoms. The first kappa shape index (κ1) is 16.3. The van der Waals surface area contributed by atoms with Gasteiger partial charge in [0.15, 0.2) is 0 Å². The molecule has 1 aliphatic heterocycles. The molecule has 0 spiro atoms. The first-order valence-corrected chi connectivity index (χ1v) is 8.48. The van der Waals surface area contributed by atoms with Gasteiger partial charge in [0.2, 0.25) is 0 Å². The second-order valence-corrected chi connectivity index (χ2v) is 6.14. The van der Waals surface area contributed by atoms with Gasteiger partial charge in [-0.3, -0.25) is 4.79 Å². The Kier molecular flexibility index (Phi) is 4.39. The molecule has 3 heterocycles. The molecule has 1 aromatic carbocycles. The lowest BCUT2D eigenvalue weighted by molar-refractivity contribution is 0.0519. The number of nitrogens with zero attached hydrogens (tertiary/aromatic N) is 4. The van der Waals surface area contributed by atoms with Crippen molar-refractivity contribution >= 4 is 16.9 Å². The normalized spacial score (nSPS) is 17.3. The van der Waals surface area contributed by atoms with E-state index in [0.717, 1.165) is 23.9 Å². The van der Waals surface area contributed by atoms with Crippen LogP contribution in [0, 0.1) is 0 Å². The van der Waals surface area contributed by atoms with Crippen LogP contribution in [-0.2, 0) is 0 Å². The van der Waals surface area contributed by atoms with Gasteiger partial charge in [0.1, 0.15) is 6.10 Å². The third-order valence-corrected chi connectivity index (χ3v) is 4.44. The zero-order chi connectivity index (χ0) is 17.9. The number of carbonyl (C=O) groups is 1. The highest BCUT2D eigenvalue weighted by molar-refractivity contribution is 5.97. The van der Waals surface area contributed by atoms with Crippen LogP contribution in [0.25, 0.3) is 11.0 Å². The van der Waals surface area contributed by atoms with E-state index >= 15 is 0 Å². The SMILES string of the molecule is COc1nccnc1OC1CCCN(C(=O)c2ccc3nc[nH]c3c2)C1. The molecule has 8 nitrogen and oxygen atoms in total. The molecule has 8 heteroatoms. The summed E-state index contributed by atoms with van der Waals surface area (Å²) in [6, 6.07) is 5.49. The van der Waals surface area contributed by atoms with Crippen molar-refractivity contribution in [2.24, 2.45) is 0 Å². The van der Waals surface area contributed by atoms with Crippen LogP contribution in [0.5, 0.6) is 11.8 Å². The highest BCUT2D eigenvalue weighted by atomic mass is 16.5. The predicted octanol–water partition coefficient (Wildman–Crippen LogP) is 2.05. The van der Waals surface area contributed by atoms with E-state index in [4.69, 9.17) is 9.47 Å². The molecular formula is C18H19N5O3. The lowest BCUT2D eigenvalue weighted by Gasteiger charge is -2.32. The average molecular weight is 353 g/mol. The van der Waals surface area contributed by atoms with Crippen molar-refractivity contribution in [3.05, 3.63) is 42.5 Å². The van der Waals surface area contributed by atoms with Gasteiger partial charge in [-0.05, 0) is 31.0 Å². The van der Waals surface area contributed by atoms with Crippen LogP contribution < -0.4 is 9.47 Å². The number of aromatic nitrogens is 4. The summed E-state index contributed by atoms with van der Waals surface area (Å²) in [6.07, 6.45) is 6.30. The Labute approximate surface area is 150 Å². The molecule has 1 atom stereocenters. The Morgan fingerprint density at radius 1 is 1.23 bits per heavy atom. The number of methoxy groups -OCH3 is 1. The predicted molar refractivity (Wildman–Crippen MR) is 94.2 cm³/mol. The molecule has 1 fully saturated rings. The molecule has 0 aliphatic carbocycles. The number of H-pyrrole nitrogens is 1. The zero-order valence-electron chi connectivity index (χ0n) is 14.4. The van der Waals surface area contributed by atoms with Crippen LogP contribution >= 0.6 is 0 Å². The number of carbonyl (C=O) groups excluding carboxylic acids is 1. The molecule has 1 amide bonds. The van der Waals surface area contributed by atoms with Crippen molar-refractivity contribution in [2.45, 2.75) is 18.9 Å². The molecule has 1 saturated heterocycles. The van der Waals surface area contributed by atoms with Crippen LogP contribution in [0.2, 0.25) is 0 Å². The first-order valence-electron chi connectivity index (χ1n) is 8.48. The Bertz CT molecular complexity index is 926. The lowest BCUT2D eigenvalue weighted by atomic mass is 10.1. The molecule has 134 valence electrons. The zero-order valence-corrected chi connectivity index (χ0v) is 14.4. The standard InChI is InChI=1S/C18H19N5O3/c1-25-16-17(20-7-6-19-16)26-13-3-2-8-23(10-13)18(24)12-4-5-14-15(9-12)22-11-21-14/h4-7,9,11,13H,2-3,8,10H2,1H3,(H,21,22). The minimum atomic E-state index is -0.144. The molecule has 0 saturated carbocycles. The van der Waals surface area contributed by atoms with E-state index in [1.807, 2.05) is 23.1 Å². The van der Waals surface area contributed by atoms with Gasteiger partial charge < -0.3 is 19.4 Å². The van der Waals surface area contributed by atoms with E-state index in [0.29, 0.717) is 30.4 Å². The second-order valence-electron chi connectivity index (χ2n) is 6.14. The highest BCUT2D eigenvalue weighted by Gasteiger charge is 2.27. The third kappa shape index (κ3) is 3.17. The van der Waals surface area contributed by atoms with E-state index in [2.05, 4.69) is 19.9 Å². The molecule has 1 aliphatic rings. The lowest BCUT2D eigenvalue weighted by Crippen LogP contribution is -2.44. The summed E-state index contributed by atoms with van der Waals surface area (Å²) < 4.78 is 11.1. The van der Waals surface area contributed by atoms with Crippen molar-refractivity contribution in [3.63, 3.8) is 0 Å². The highest BCUT2D eigenvalue weighted by Crippen LogP contribution is 2.24. The number of nitrogens with one attached hydrogen (secondary N) is 1. The fourth-order valence-corrected chi connectivity index (χ4v) is 3.16. The van der Waals surface area contributed by atoms with E-state index < -0.39 is 0 Å². The maximum Gasteiger partial charge on any atom is 0.278 e. The minimum Gasteiger partial charge on any atom is -0.477 e. The third-order valence-electron chi connectivity index (χ3n) is 4.44. The smallest absolute Gasteiger partial charge is 0.278 e. The Hall–Kier alpha value is -3.16. The van der Waals surface area contributed by atoms with E-state index in [1.54, 1.807) is 18.7 Å². The summed E-state index contributed by atoms with van der Waals surface area (Å²) in [6.45, 7) is 1.21. The quantitative estimate of drug-likeness (QED) is 0.771. The first-order chi connectivity index (χ1) is 12.7. The number of ether oxygens (including phenoxy) is 2. The Morgan fingerprint density at radius 3 is 2.92 bits per heavy atom.